The summed E-state index contributed by atoms with van der Waals surface area (Å²) in [5.74, 6) is 0.922. The molecular formula is C17H24N2O3. The number of carbonyl (C=O) groups excluding carboxylic acids is 1. The van der Waals surface area contributed by atoms with E-state index in [0.717, 1.165) is 37.5 Å². The summed E-state index contributed by atoms with van der Waals surface area (Å²) >= 11 is 0. The summed E-state index contributed by atoms with van der Waals surface area (Å²) < 4.78 is 5.89. The minimum atomic E-state index is -0.535. The SMILES string of the molecule is CC(=O)N1CCN(C2COc3cc(C)c(C)cc3C2O)CC1. The summed E-state index contributed by atoms with van der Waals surface area (Å²) in [7, 11) is 0. The number of nitrogens with zero attached hydrogens (tertiary/aromatic N) is 2. The molecule has 5 heteroatoms. The van der Waals surface area contributed by atoms with Gasteiger partial charge >= 0.3 is 0 Å². The van der Waals surface area contributed by atoms with Gasteiger partial charge in [0.05, 0.1) is 6.04 Å². The van der Waals surface area contributed by atoms with Crippen LogP contribution in [0.15, 0.2) is 12.1 Å². The zero-order chi connectivity index (χ0) is 15.9. The molecule has 22 heavy (non-hydrogen) atoms. The normalized spacial score (nSPS) is 25.5. The first-order valence-corrected chi connectivity index (χ1v) is 7.89. The second kappa shape index (κ2) is 5.89. The molecule has 0 aromatic heterocycles. The van der Waals surface area contributed by atoms with Crippen molar-refractivity contribution in [1.29, 1.82) is 0 Å². The molecule has 3 rings (SSSR count). The quantitative estimate of drug-likeness (QED) is 0.849. The Morgan fingerprint density at radius 3 is 2.45 bits per heavy atom. The molecule has 2 heterocycles. The Hall–Kier alpha value is -1.59. The van der Waals surface area contributed by atoms with Crippen LogP contribution in [0.3, 0.4) is 0 Å². The molecule has 0 spiro atoms. The first-order valence-electron chi connectivity index (χ1n) is 7.89. The Kier molecular flexibility index (Phi) is 4.10. The number of fused-ring (bicyclic) bond motifs is 1. The van der Waals surface area contributed by atoms with Crippen LogP contribution in [0, 0.1) is 13.8 Å². The summed E-state index contributed by atoms with van der Waals surface area (Å²) in [4.78, 5) is 15.5. The van der Waals surface area contributed by atoms with Crippen LogP contribution in [0.5, 0.6) is 5.75 Å². The maximum Gasteiger partial charge on any atom is 0.219 e. The van der Waals surface area contributed by atoms with E-state index in [1.165, 1.54) is 11.1 Å². The molecule has 1 N–H and O–H groups in total. The average Bonchev–Trinajstić information content (AvgIpc) is 2.50. The molecule has 0 aliphatic carbocycles. The Labute approximate surface area is 131 Å². The molecule has 2 aliphatic heterocycles. The first-order chi connectivity index (χ1) is 10.5. The van der Waals surface area contributed by atoms with Crippen molar-refractivity contribution in [1.82, 2.24) is 9.80 Å². The number of piperazine rings is 1. The lowest BCUT2D eigenvalue weighted by molar-refractivity contribution is -0.131. The van der Waals surface area contributed by atoms with E-state index >= 15 is 0 Å². The number of benzene rings is 1. The number of aliphatic hydroxyl groups excluding tert-OH is 1. The number of rotatable bonds is 1. The summed E-state index contributed by atoms with van der Waals surface area (Å²) in [6, 6.07) is 4.01. The molecule has 1 aromatic rings. The maximum atomic E-state index is 11.4. The van der Waals surface area contributed by atoms with Gasteiger partial charge in [-0.25, -0.2) is 0 Å². The second-order valence-corrected chi connectivity index (χ2v) is 6.34. The van der Waals surface area contributed by atoms with Gasteiger partial charge in [0.2, 0.25) is 5.91 Å². The second-order valence-electron chi connectivity index (χ2n) is 6.34. The molecule has 0 saturated carbocycles. The van der Waals surface area contributed by atoms with E-state index in [-0.39, 0.29) is 11.9 Å². The Balaban J connectivity index is 1.75. The molecule has 2 unspecified atom stereocenters. The highest BCUT2D eigenvalue weighted by atomic mass is 16.5. The van der Waals surface area contributed by atoms with Crippen LogP contribution in [0.2, 0.25) is 0 Å². The van der Waals surface area contributed by atoms with Crippen molar-refractivity contribution in [2.24, 2.45) is 0 Å². The zero-order valence-electron chi connectivity index (χ0n) is 13.5. The van der Waals surface area contributed by atoms with E-state index in [0.29, 0.717) is 6.61 Å². The minimum absolute atomic E-state index is 0.0382. The Bertz CT molecular complexity index is 580. The van der Waals surface area contributed by atoms with Gasteiger partial charge < -0.3 is 14.7 Å². The van der Waals surface area contributed by atoms with Crippen LogP contribution in [0.1, 0.15) is 29.7 Å². The summed E-state index contributed by atoms with van der Waals surface area (Å²) in [6.45, 7) is 9.22. The molecule has 1 saturated heterocycles. The Morgan fingerprint density at radius 1 is 1.18 bits per heavy atom. The highest BCUT2D eigenvalue weighted by Crippen LogP contribution is 2.36. The van der Waals surface area contributed by atoms with Crippen LogP contribution in [0.25, 0.3) is 0 Å². The average molecular weight is 304 g/mol. The molecular weight excluding hydrogens is 280 g/mol. The molecule has 1 amide bonds. The number of hydrogen-bond donors (Lipinski definition) is 1. The third-order valence-electron chi connectivity index (χ3n) is 4.95. The smallest absolute Gasteiger partial charge is 0.219 e. The van der Waals surface area contributed by atoms with Gasteiger partial charge in [-0.2, -0.15) is 0 Å². The van der Waals surface area contributed by atoms with Crippen LogP contribution in [-0.4, -0.2) is 59.6 Å². The van der Waals surface area contributed by atoms with Crippen LogP contribution in [-0.2, 0) is 4.79 Å². The van der Waals surface area contributed by atoms with E-state index in [2.05, 4.69) is 18.7 Å². The minimum Gasteiger partial charge on any atom is -0.491 e. The largest absolute Gasteiger partial charge is 0.491 e. The fourth-order valence-corrected chi connectivity index (χ4v) is 3.32. The van der Waals surface area contributed by atoms with Gasteiger partial charge in [-0.05, 0) is 37.1 Å². The lowest BCUT2D eigenvalue weighted by atomic mass is 9.94. The van der Waals surface area contributed by atoms with Gasteiger partial charge in [-0.3, -0.25) is 9.69 Å². The van der Waals surface area contributed by atoms with Gasteiger partial charge in [0, 0.05) is 38.7 Å². The summed E-state index contributed by atoms with van der Waals surface area (Å²) in [6.07, 6.45) is -0.535. The van der Waals surface area contributed by atoms with Crippen molar-refractivity contribution in [3.05, 3.63) is 28.8 Å². The number of carbonyl (C=O) groups is 1. The summed E-state index contributed by atoms with van der Waals surface area (Å²) in [5.41, 5.74) is 3.23. The zero-order valence-corrected chi connectivity index (χ0v) is 13.5. The van der Waals surface area contributed by atoms with E-state index in [1.54, 1.807) is 6.92 Å². The molecule has 2 atom stereocenters. The Morgan fingerprint density at radius 2 is 1.82 bits per heavy atom. The van der Waals surface area contributed by atoms with E-state index in [9.17, 15) is 9.90 Å². The number of aryl methyl sites for hydroxylation is 2. The fraction of sp³-hybridized carbons (Fsp3) is 0.588. The van der Waals surface area contributed by atoms with Crippen LogP contribution >= 0.6 is 0 Å². The van der Waals surface area contributed by atoms with Crippen molar-refractivity contribution in [3.63, 3.8) is 0 Å². The topological polar surface area (TPSA) is 53.0 Å². The van der Waals surface area contributed by atoms with Crippen molar-refractivity contribution < 1.29 is 14.6 Å². The molecule has 5 nitrogen and oxygen atoms in total. The van der Waals surface area contributed by atoms with Crippen molar-refractivity contribution >= 4 is 5.91 Å². The predicted molar refractivity (Wildman–Crippen MR) is 84.0 cm³/mol. The molecule has 0 bridgehead atoms. The van der Waals surface area contributed by atoms with Gasteiger partial charge in [0.25, 0.3) is 0 Å². The van der Waals surface area contributed by atoms with Crippen LogP contribution < -0.4 is 4.74 Å². The summed E-state index contributed by atoms with van der Waals surface area (Å²) in [5, 5.41) is 10.8. The fourth-order valence-electron chi connectivity index (χ4n) is 3.32. The highest BCUT2D eigenvalue weighted by molar-refractivity contribution is 5.73. The monoisotopic (exact) mass is 304 g/mol. The first kappa shape index (κ1) is 15.3. The molecule has 120 valence electrons. The number of amides is 1. The third kappa shape index (κ3) is 2.71. The van der Waals surface area contributed by atoms with Gasteiger partial charge in [-0.15, -0.1) is 0 Å². The van der Waals surface area contributed by atoms with E-state index in [1.807, 2.05) is 17.0 Å². The molecule has 0 radical (unpaired) electrons. The molecule has 1 fully saturated rings. The lowest BCUT2D eigenvalue weighted by Crippen LogP contribution is -2.55. The van der Waals surface area contributed by atoms with E-state index in [4.69, 9.17) is 4.74 Å². The van der Waals surface area contributed by atoms with Gasteiger partial charge in [0.15, 0.2) is 0 Å². The molecule has 2 aliphatic rings. The maximum absolute atomic E-state index is 11.4. The third-order valence-corrected chi connectivity index (χ3v) is 4.95. The standard InChI is InChI=1S/C17H24N2O3/c1-11-8-14-16(9-12(11)2)22-10-15(17(14)21)19-6-4-18(5-7-19)13(3)20/h8-9,15,17,21H,4-7,10H2,1-3H3. The lowest BCUT2D eigenvalue weighted by Gasteiger charge is -2.42. The molecule has 1 aromatic carbocycles. The number of hydrogen-bond acceptors (Lipinski definition) is 4. The highest BCUT2D eigenvalue weighted by Gasteiger charge is 2.35. The number of ether oxygens (including phenoxy) is 1. The van der Waals surface area contributed by atoms with Crippen molar-refractivity contribution in [2.45, 2.75) is 32.9 Å². The van der Waals surface area contributed by atoms with Crippen molar-refractivity contribution in [3.8, 4) is 5.75 Å². The van der Waals surface area contributed by atoms with Gasteiger partial charge in [-0.1, -0.05) is 0 Å². The predicted octanol–water partition coefficient (Wildman–Crippen LogP) is 1.26. The number of aliphatic hydroxyl groups is 1. The van der Waals surface area contributed by atoms with Gasteiger partial charge in [0.1, 0.15) is 18.5 Å². The van der Waals surface area contributed by atoms with Crippen molar-refractivity contribution in [2.75, 3.05) is 32.8 Å². The van der Waals surface area contributed by atoms with Crippen LogP contribution in [0.4, 0.5) is 0 Å². The van der Waals surface area contributed by atoms with E-state index < -0.39 is 6.10 Å².